The summed E-state index contributed by atoms with van der Waals surface area (Å²) in [6, 6.07) is 4.16. The van der Waals surface area contributed by atoms with Crippen LogP contribution in [0.2, 0.25) is 0 Å². The maximum Gasteiger partial charge on any atom is 0.0785 e. The van der Waals surface area contributed by atoms with Crippen LogP contribution in [0, 0.1) is 0 Å². The predicted octanol–water partition coefficient (Wildman–Crippen LogP) is 3.52. The minimum atomic E-state index is -0.0251. The molecule has 2 heterocycles. The second-order valence-electron chi connectivity index (χ2n) is 4.74. The molecule has 1 aliphatic rings. The van der Waals surface area contributed by atoms with Crippen molar-refractivity contribution in [2.45, 2.75) is 43.0 Å². The van der Waals surface area contributed by atoms with Crippen molar-refractivity contribution in [2.24, 2.45) is 0 Å². The summed E-state index contributed by atoms with van der Waals surface area (Å²) in [5.74, 6) is 0.436. The van der Waals surface area contributed by atoms with E-state index in [4.69, 9.17) is 4.74 Å². The molecule has 1 aliphatic heterocycles. The average molecular weight is 284 g/mol. The van der Waals surface area contributed by atoms with Gasteiger partial charge in [-0.15, -0.1) is 0 Å². The monoisotopic (exact) mass is 283 g/mol. The second-order valence-corrected chi connectivity index (χ2v) is 5.72. The van der Waals surface area contributed by atoms with E-state index in [1.807, 2.05) is 12.4 Å². The molecule has 0 radical (unpaired) electrons. The van der Waals surface area contributed by atoms with Crippen LogP contribution in [0.3, 0.4) is 0 Å². The Bertz CT molecular complexity index is 335. The smallest absolute Gasteiger partial charge is 0.0785 e. The summed E-state index contributed by atoms with van der Waals surface area (Å²) >= 11 is 3.82. The van der Waals surface area contributed by atoms with Crippen molar-refractivity contribution in [3.8, 4) is 0 Å². The lowest BCUT2D eigenvalue weighted by atomic mass is 9.87. The van der Waals surface area contributed by atoms with Gasteiger partial charge in [0.1, 0.15) is 0 Å². The van der Waals surface area contributed by atoms with Gasteiger partial charge in [-0.25, -0.2) is 0 Å². The molecule has 0 amide bonds. The third-order valence-corrected chi connectivity index (χ3v) is 5.27. The van der Waals surface area contributed by atoms with E-state index in [9.17, 15) is 0 Å². The van der Waals surface area contributed by atoms with Crippen LogP contribution in [0.25, 0.3) is 0 Å². The van der Waals surface area contributed by atoms with Crippen LogP contribution in [0.5, 0.6) is 0 Å². The van der Waals surface area contributed by atoms with Crippen LogP contribution in [0.4, 0.5) is 0 Å². The molecule has 1 fully saturated rings. The summed E-state index contributed by atoms with van der Waals surface area (Å²) in [6.45, 7) is 5.33. The minimum absolute atomic E-state index is 0.0251. The molecule has 0 aliphatic carbocycles. The molecule has 1 aromatic heterocycles. The van der Waals surface area contributed by atoms with Gasteiger partial charge in [-0.1, -0.05) is 22.9 Å². The zero-order valence-corrected chi connectivity index (χ0v) is 11.4. The van der Waals surface area contributed by atoms with E-state index in [0.29, 0.717) is 10.7 Å². The lowest BCUT2D eigenvalue weighted by molar-refractivity contribution is 0.0159. The van der Waals surface area contributed by atoms with Gasteiger partial charge in [-0.3, -0.25) is 4.98 Å². The number of aromatic nitrogens is 1. The number of pyridine rings is 1. The van der Waals surface area contributed by atoms with Crippen LogP contribution in [-0.2, 0) is 4.74 Å². The number of hydrogen-bond acceptors (Lipinski definition) is 2. The van der Waals surface area contributed by atoms with Crippen molar-refractivity contribution < 1.29 is 4.74 Å². The average Bonchev–Trinajstić information content (AvgIpc) is 2.77. The van der Waals surface area contributed by atoms with Crippen molar-refractivity contribution >= 4 is 15.9 Å². The summed E-state index contributed by atoms with van der Waals surface area (Å²) in [5, 5.41) is 0. The summed E-state index contributed by atoms with van der Waals surface area (Å²) < 4.78 is 5.88. The fourth-order valence-corrected chi connectivity index (χ4v) is 3.05. The Hall–Kier alpha value is -0.410. The van der Waals surface area contributed by atoms with Gasteiger partial charge in [0.05, 0.1) is 5.60 Å². The number of alkyl halides is 1. The van der Waals surface area contributed by atoms with E-state index in [2.05, 4.69) is 46.9 Å². The molecule has 3 heteroatoms. The van der Waals surface area contributed by atoms with Gasteiger partial charge in [0.2, 0.25) is 0 Å². The molecule has 0 saturated carbocycles. The zero-order chi connectivity index (χ0) is 11.6. The molecule has 0 aromatic carbocycles. The molecule has 88 valence electrons. The fourth-order valence-electron chi connectivity index (χ4n) is 2.38. The van der Waals surface area contributed by atoms with Crippen LogP contribution < -0.4 is 0 Å². The maximum absolute atomic E-state index is 5.88. The highest BCUT2D eigenvalue weighted by molar-refractivity contribution is 9.09. The molecule has 3 atom stereocenters. The SMILES string of the molecule is CC(c1ccncc1)C(Br)C1(C)CCCO1. The van der Waals surface area contributed by atoms with E-state index >= 15 is 0 Å². The molecule has 16 heavy (non-hydrogen) atoms. The van der Waals surface area contributed by atoms with Crippen LogP contribution in [-0.4, -0.2) is 22.0 Å². The van der Waals surface area contributed by atoms with Gasteiger partial charge in [0, 0.05) is 23.8 Å². The second kappa shape index (κ2) is 4.84. The highest BCUT2D eigenvalue weighted by Crippen LogP contribution is 2.40. The number of nitrogens with zero attached hydrogens (tertiary/aromatic N) is 1. The summed E-state index contributed by atoms with van der Waals surface area (Å²) in [7, 11) is 0. The van der Waals surface area contributed by atoms with Crippen molar-refractivity contribution in [1.82, 2.24) is 4.98 Å². The van der Waals surface area contributed by atoms with Crippen LogP contribution >= 0.6 is 15.9 Å². The molecule has 2 nitrogen and oxygen atoms in total. The number of halogens is 1. The Kier molecular flexibility index (Phi) is 3.65. The molecule has 0 bridgehead atoms. The lowest BCUT2D eigenvalue weighted by Crippen LogP contribution is -2.37. The first kappa shape index (κ1) is 12.1. The Morgan fingerprint density at radius 1 is 1.44 bits per heavy atom. The lowest BCUT2D eigenvalue weighted by Gasteiger charge is -2.33. The molecule has 1 aromatic rings. The van der Waals surface area contributed by atoms with E-state index in [1.165, 1.54) is 12.0 Å². The van der Waals surface area contributed by atoms with E-state index in [0.717, 1.165) is 13.0 Å². The van der Waals surface area contributed by atoms with E-state index < -0.39 is 0 Å². The molecular formula is C13H18BrNO. The van der Waals surface area contributed by atoms with Gasteiger partial charge in [0.15, 0.2) is 0 Å². The molecule has 0 N–H and O–H groups in total. The Labute approximate surface area is 106 Å². The first-order valence-electron chi connectivity index (χ1n) is 5.81. The molecule has 0 spiro atoms. The van der Waals surface area contributed by atoms with Crippen molar-refractivity contribution in [2.75, 3.05) is 6.61 Å². The molecule has 2 rings (SSSR count). The van der Waals surface area contributed by atoms with Gasteiger partial charge in [0.25, 0.3) is 0 Å². The first-order chi connectivity index (χ1) is 7.63. The van der Waals surface area contributed by atoms with Crippen LogP contribution in [0.1, 0.15) is 38.2 Å². The zero-order valence-electron chi connectivity index (χ0n) is 9.82. The van der Waals surface area contributed by atoms with Crippen LogP contribution in [0.15, 0.2) is 24.5 Å². The van der Waals surface area contributed by atoms with E-state index in [1.54, 1.807) is 0 Å². The summed E-state index contributed by atoms with van der Waals surface area (Å²) in [6.07, 6.45) is 6.01. The number of hydrogen-bond donors (Lipinski definition) is 0. The topological polar surface area (TPSA) is 22.1 Å². The minimum Gasteiger partial charge on any atom is -0.374 e. The van der Waals surface area contributed by atoms with Gasteiger partial charge < -0.3 is 4.74 Å². The standard InChI is InChI=1S/C13H18BrNO/c1-10(11-4-7-15-8-5-11)12(14)13(2)6-3-9-16-13/h4-5,7-8,10,12H,3,6,9H2,1-2H3. The quantitative estimate of drug-likeness (QED) is 0.792. The van der Waals surface area contributed by atoms with E-state index in [-0.39, 0.29) is 5.60 Å². The highest BCUT2D eigenvalue weighted by Gasteiger charge is 2.39. The van der Waals surface area contributed by atoms with Crippen molar-refractivity contribution in [3.63, 3.8) is 0 Å². The maximum atomic E-state index is 5.88. The highest BCUT2D eigenvalue weighted by atomic mass is 79.9. The van der Waals surface area contributed by atoms with Gasteiger partial charge in [-0.2, -0.15) is 0 Å². The molecule has 1 saturated heterocycles. The predicted molar refractivity (Wildman–Crippen MR) is 69.0 cm³/mol. The van der Waals surface area contributed by atoms with Crippen molar-refractivity contribution in [3.05, 3.63) is 30.1 Å². The van der Waals surface area contributed by atoms with Gasteiger partial charge in [-0.05, 0) is 43.4 Å². The Balaban J connectivity index is 2.13. The number of rotatable bonds is 3. The third kappa shape index (κ3) is 2.30. The van der Waals surface area contributed by atoms with Crippen molar-refractivity contribution in [1.29, 1.82) is 0 Å². The normalized spacial score (nSPS) is 28.9. The summed E-state index contributed by atoms with van der Waals surface area (Å²) in [5.41, 5.74) is 1.29. The van der Waals surface area contributed by atoms with Gasteiger partial charge >= 0.3 is 0 Å². The summed E-state index contributed by atoms with van der Waals surface area (Å²) in [4.78, 5) is 4.41. The third-order valence-electron chi connectivity index (χ3n) is 3.50. The first-order valence-corrected chi connectivity index (χ1v) is 6.73. The molecular weight excluding hydrogens is 266 g/mol. The largest absolute Gasteiger partial charge is 0.374 e. The fraction of sp³-hybridized carbons (Fsp3) is 0.615. The molecule has 3 unspecified atom stereocenters. The number of ether oxygens (including phenoxy) is 1. The Morgan fingerprint density at radius 2 is 2.12 bits per heavy atom. The Morgan fingerprint density at radius 3 is 2.69 bits per heavy atom.